The van der Waals surface area contributed by atoms with E-state index in [2.05, 4.69) is 10.4 Å². The number of ether oxygens (including phenoxy) is 1. The maximum absolute atomic E-state index is 12.3. The summed E-state index contributed by atoms with van der Waals surface area (Å²) in [5, 5.41) is 28.7. The Balaban J connectivity index is 1.81. The molecule has 1 heterocycles. The maximum Gasteiger partial charge on any atom is 0.345 e. The fourth-order valence-corrected chi connectivity index (χ4v) is 2.69. The molecule has 11 heteroatoms. The van der Waals surface area contributed by atoms with Crippen LogP contribution in [0.4, 0.5) is 17.2 Å². The van der Waals surface area contributed by atoms with Crippen LogP contribution in [0.1, 0.15) is 11.3 Å². The molecule has 3 rings (SSSR count). The van der Waals surface area contributed by atoms with E-state index in [0.717, 1.165) is 10.2 Å². The highest BCUT2D eigenvalue weighted by atomic mass is 16.6. The Morgan fingerprint density at radius 3 is 2.37 bits per heavy atom. The van der Waals surface area contributed by atoms with Gasteiger partial charge in [0.1, 0.15) is 11.5 Å². The minimum absolute atomic E-state index is 0.114. The Bertz CT molecular complexity index is 1120. The first-order valence-corrected chi connectivity index (χ1v) is 8.74. The summed E-state index contributed by atoms with van der Waals surface area (Å²) in [5.74, 6) is -0.335. The highest BCUT2D eigenvalue weighted by Gasteiger charge is 2.20. The number of non-ortho nitro benzene ring substituents is 1. The number of nitro groups is 2. The maximum atomic E-state index is 12.3. The first-order chi connectivity index (χ1) is 14.2. The molecule has 3 aromatic rings. The van der Waals surface area contributed by atoms with E-state index < -0.39 is 22.3 Å². The van der Waals surface area contributed by atoms with Gasteiger partial charge in [0.2, 0.25) is 0 Å². The summed E-state index contributed by atoms with van der Waals surface area (Å²) in [4.78, 5) is 33.4. The number of carbonyl (C=O) groups excluding carboxylic acids is 1. The van der Waals surface area contributed by atoms with Crippen molar-refractivity contribution in [3.63, 3.8) is 0 Å². The highest BCUT2D eigenvalue weighted by Crippen LogP contribution is 2.30. The number of hydrogen-bond acceptors (Lipinski definition) is 7. The van der Waals surface area contributed by atoms with Crippen LogP contribution in [0.5, 0.6) is 11.5 Å². The summed E-state index contributed by atoms with van der Waals surface area (Å²) < 4.78 is 6.61. The van der Waals surface area contributed by atoms with E-state index in [9.17, 15) is 25.0 Å². The zero-order valence-corrected chi connectivity index (χ0v) is 16.1. The molecular weight excluding hydrogens is 394 g/mol. The first-order valence-electron chi connectivity index (χ1n) is 8.74. The number of nitrogens with zero attached hydrogens (tertiary/aromatic N) is 4. The topological polar surface area (TPSA) is 142 Å². The van der Waals surface area contributed by atoms with Crippen molar-refractivity contribution in [3.05, 3.63) is 80.0 Å². The number of carbonyl (C=O) groups is 1. The average Bonchev–Trinajstić information content (AvgIpc) is 3.03. The minimum atomic E-state index is -0.645. The second kappa shape index (κ2) is 8.39. The van der Waals surface area contributed by atoms with Crippen molar-refractivity contribution in [1.29, 1.82) is 0 Å². The third-order valence-electron chi connectivity index (χ3n) is 4.00. The summed E-state index contributed by atoms with van der Waals surface area (Å²) in [7, 11) is 0. The molecule has 1 aromatic heterocycles. The fourth-order valence-electron chi connectivity index (χ4n) is 2.69. The van der Waals surface area contributed by atoms with Crippen LogP contribution < -0.4 is 10.1 Å². The monoisotopic (exact) mass is 411 g/mol. The van der Waals surface area contributed by atoms with Gasteiger partial charge < -0.3 is 20.2 Å². The standard InChI is InChI=1S/C19H17N5O6/c1-12-3-5-16(6-4-12)30-17-9-14(8-15(10-17)23(26)27)20-18(25)11-22-19(24(28)29)7-13(2)21-22/h3-10H,11H2,1-2H3,(H,20,25). The number of hydrogen-bond donors (Lipinski definition) is 1. The number of nitro benzene ring substituents is 1. The van der Waals surface area contributed by atoms with E-state index in [1.165, 1.54) is 24.3 Å². The average molecular weight is 411 g/mol. The smallest absolute Gasteiger partial charge is 0.345 e. The molecular formula is C19H17N5O6. The van der Waals surface area contributed by atoms with Gasteiger partial charge in [0, 0.05) is 12.1 Å². The molecule has 0 spiro atoms. The molecule has 1 N–H and O–H groups in total. The van der Waals surface area contributed by atoms with Gasteiger partial charge in [0.05, 0.1) is 28.4 Å². The Labute approximate surface area is 170 Å². The lowest BCUT2D eigenvalue weighted by Crippen LogP contribution is -2.20. The van der Waals surface area contributed by atoms with Gasteiger partial charge in [0.25, 0.3) is 11.6 Å². The van der Waals surface area contributed by atoms with E-state index in [1.54, 1.807) is 19.1 Å². The largest absolute Gasteiger partial charge is 0.457 e. The molecule has 0 saturated carbocycles. The van der Waals surface area contributed by atoms with Crippen LogP contribution in [-0.2, 0) is 11.3 Å². The first kappa shape index (κ1) is 20.5. The number of benzene rings is 2. The Kier molecular flexibility index (Phi) is 5.72. The van der Waals surface area contributed by atoms with Gasteiger partial charge in [0.15, 0.2) is 6.54 Å². The fraction of sp³-hybridized carbons (Fsp3) is 0.158. The normalized spacial score (nSPS) is 10.5. The van der Waals surface area contributed by atoms with Gasteiger partial charge in [-0.1, -0.05) is 22.8 Å². The molecule has 0 aliphatic carbocycles. The number of nitrogens with one attached hydrogen (secondary N) is 1. The minimum Gasteiger partial charge on any atom is -0.457 e. The summed E-state index contributed by atoms with van der Waals surface area (Å²) in [5.41, 5.74) is 1.24. The molecule has 2 aromatic carbocycles. The molecule has 0 aliphatic rings. The van der Waals surface area contributed by atoms with Crippen molar-refractivity contribution < 1.29 is 19.4 Å². The molecule has 0 radical (unpaired) electrons. The van der Waals surface area contributed by atoms with Gasteiger partial charge in [-0.15, -0.1) is 4.68 Å². The molecule has 11 nitrogen and oxygen atoms in total. The summed E-state index contributed by atoms with van der Waals surface area (Å²) in [6.07, 6.45) is 0. The lowest BCUT2D eigenvalue weighted by Gasteiger charge is -2.09. The van der Waals surface area contributed by atoms with Crippen LogP contribution >= 0.6 is 0 Å². The molecule has 0 aliphatic heterocycles. The van der Waals surface area contributed by atoms with Crippen molar-refractivity contribution >= 4 is 23.1 Å². The van der Waals surface area contributed by atoms with Crippen molar-refractivity contribution in [1.82, 2.24) is 9.78 Å². The van der Waals surface area contributed by atoms with Crippen molar-refractivity contribution in [2.75, 3.05) is 5.32 Å². The van der Waals surface area contributed by atoms with Crippen LogP contribution in [0.15, 0.2) is 48.5 Å². The van der Waals surface area contributed by atoms with E-state index in [0.29, 0.717) is 11.4 Å². The number of anilines is 1. The summed E-state index contributed by atoms with van der Waals surface area (Å²) in [6, 6.07) is 12.2. The Hall–Kier alpha value is -4.28. The molecule has 0 saturated heterocycles. The van der Waals surface area contributed by atoms with E-state index in [-0.39, 0.29) is 22.9 Å². The third kappa shape index (κ3) is 4.95. The van der Waals surface area contributed by atoms with Crippen LogP contribution in [0.2, 0.25) is 0 Å². The van der Waals surface area contributed by atoms with Crippen LogP contribution in [0.25, 0.3) is 0 Å². The van der Waals surface area contributed by atoms with Crippen LogP contribution in [0, 0.1) is 34.1 Å². The number of amides is 1. The molecule has 1 amide bonds. The van der Waals surface area contributed by atoms with Gasteiger partial charge in [-0.3, -0.25) is 14.9 Å². The molecule has 154 valence electrons. The van der Waals surface area contributed by atoms with Crippen molar-refractivity contribution in [3.8, 4) is 11.5 Å². The summed E-state index contributed by atoms with van der Waals surface area (Å²) >= 11 is 0. The van der Waals surface area contributed by atoms with E-state index >= 15 is 0 Å². The molecule has 30 heavy (non-hydrogen) atoms. The van der Waals surface area contributed by atoms with Crippen molar-refractivity contribution in [2.24, 2.45) is 0 Å². The van der Waals surface area contributed by atoms with Crippen LogP contribution in [-0.4, -0.2) is 25.5 Å². The van der Waals surface area contributed by atoms with Gasteiger partial charge in [-0.25, -0.2) is 0 Å². The van der Waals surface area contributed by atoms with Crippen LogP contribution in [0.3, 0.4) is 0 Å². The number of aromatic nitrogens is 2. The number of aryl methyl sites for hydroxylation is 2. The second-order valence-electron chi connectivity index (χ2n) is 6.49. The quantitative estimate of drug-likeness (QED) is 0.461. The molecule has 0 bridgehead atoms. The molecule has 0 unspecified atom stereocenters. The predicted octanol–water partition coefficient (Wildman–Crippen LogP) is 3.75. The predicted molar refractivity (Wildman–Crippen MR) is 107 cm³/mol. The van der Waals surface area contributed by atoms with E-state index in [4.69, 9.17) is 4.74 Å². The SMILES string of the molecule is Cc1ccc(Oc2cc(NC(=O)Cn3nc(C)cc3[N+](=O)[O-])cc([N+](=O)[O-])c2)cc1. The zero-order chi connectivity index (χ0) is 21.8. The van der Waals surface area contributed by atoms with Gasteiger partial charge in [-0.05, 0) is 30.9 Å². The highest BCUT2D eigenvalue weighted by molar-refractivity contribution is 5.91. The lowest BCUT2D eigenvalue weighted by atomic mass is 10.2. The van der Waals surface area contributed by atoms with E-state index in [1.807, 2.05) is 19.1 Å². The summed E-state index contributed by atoms with van der Waals surface area (Å²) in [6.45, 7) is 3.05. The second-order valence-corrected chi connectivity index (χ2v) is 6.49. The molecule has 0 atom stereocenters. The molecule has 0 fully saturated rings. The van der Waals surface area contributed by atoms with Gasteiger partial charge >= 0.3 is 5.82 Å². The van der Waals surface area contributed by atoms with Gasteiger partial charge in [-0.2, -0.15) is 0 Å². The Morgan fingerprint density at radius 2 is 1.73 bits per heavy atom. The lowest BCUT2D eigenvalue weighted by molar-refractivity contribution is -0.392. The van der Waals surface area contributed by atoms with Crippen molar-refractivity contribution in [2.45, 2.75) is 20.4 Å². The Morgan fingerprint density at radius 1 is 1.03 bits per heavy atom. The number of rotatable bonds is 7. The zero-order valence-electron chi connectivity index (χ0n) is 16.1. The third-order valence-corrected chi connectivity index (χ3v) is 4.00.